The summed E-state index contributed by atoms with van der Waals surface area (Å²) in [7, 11) is 4.71. The average Bonchev–Trinajstić information content (AvgIpc) is 2.79. The first kappa shape index (κ1) is 21.6. The van der Waals surface area contributed by atoms with E-state index in [2.05, 4.69) is 20.6 Å². The van der Waals surface area contributed by atoms with Crippen molar-refractivity contribution in [2.75, 3.05) is 38.5 Å². The normalized spacial score (nSPS) is 10.3. The number of nitrogens with one attached hydrogen (secondary N) is 2. The first-order valence-electron chi connectivity index (χ1n) is 9.41. The van der Waals surface area contributed by atoms with E-state index in [1.54, 1.807) is 45.6 Å². The predicted molar refractivity (Wildman–Crippen MR) is 117 cm³/mol. The van der Waals surface area contributed by atoms with Gasteiger partial charge in [0.05, 0.1) is 26.3 Å². The zero-order valence-corrected chi connectivity index (χ0v) is 17.4. The monoisotopic (exact) mass is 425 g/mol. The molecule has 2 N–H and O–H groups in total. The van der Waals surface area contributed by atoms with Gasteiger partial charge >= 0.3 is 5.69 Å². The van der Waals surface area contributed by atoms with Crippen molar-refractivity contribution in [3.05, 3.63) is 64.5 Å². The maximum absolute atomic E-state index is 11.7. The lowest BCUT2D eigenvalue weighted by molar-refractivity contribution is -0.383. The van der Waals surface area contributed by atoms with E-state index in [0.29, 0.717) is 35.9 Å². The summed E-state index contributed by atoms with van der Waals surface area (Å²) < 4.78 is 15.7. The topological polar surface area (TPSA) is 121 Å². The first-order valence-corrected chi connectivity index (χ1v) is 9.41. The summed E-state index contributed by atoms with van der Waals surface area (Å²) in [6.45, 7) is 0.426. The minimum atomic E-state index is -0.509. The van der Waals surface area contributed by atoms with E-state index in [1.165, 1.54) is 6.33 Å². The van der Waals surface area contributed by atoms with Crippen LogP contribution in [0.4, 0.5) is 23.0 Å². The number of ether oxygens (including phenoxy) is 3. The number of nitrogens with zero attached hydrogens (tertiary/aromatic N) is 3. The fraction of sp³-hybridized carbons (Fsp3) is 0.238. The maximum atomic E-state index is 11.7. The van der Waals surface area contributed by atoms with E-state index in [9.17, 15) is 10.1 Å². The molecular weight excluding hydrogens is 402 g/mol. The van der Waals surface area contributed by atoms with Gasteiger partial charge in [0, 0.05) is 12.2 Å². The summed E-state index contributed by atoms with van der Waals surface area (Å²) in [6.07, 6.45) is 1.88. The van der Waals surface area contributed by atoms with Gasteiger partial charge in [-0.15, -0.1) is 0 Å². The van der Waals surface area contributed by atoms with Crippen molar-refractivity contribution >= 4 is 23.0 Å². The molecule has 0 atom stereocenters. The van der Waals surface area contributed by atoms with E-state index >= 15 is 0 Å². The molecule has 0 radical (unpaired) electrons. The third kappa shape index (κ3) is 5.30. The summed E-state index contributed by atoms with van der Waals surface area (Å²) in [5, 5.41) is 17.7. The fourth-order valence-electron chi connectivity index (χ4n) is 2.95. The van der Waals surface area contributed by atoms with Crippen molar-refractivity contribution in [1.29, 1.82) is 0 Å². The molecule has 0 bridgehead atoms. The second kappa shape index (κ2) is 10.1. The standard InChI is InChI=1S/C21H23N5O5/c1-29-16-7-5-15(6-8-16)25-21-19(26(27)28)20(23-13-24-21)22-11-10-14-4-9-17(30-2)18(12-14)31-3/h4-9,12-13H,10-11H2,1-3H3,(H2,22,23,24,25). The Morgan fingerprint density at radius 2 is 1.65 bits per heavy atom. The minimum absolute atomic E-state index is 0.0961. The smallest absolute Gasteiger partial charge is 0.353 e. The number of benzene rings is 2. The van der Waals surface area contributed by atoms with Gasteiger partial charge in [-0.25, -0.2) is 9.97 Å². The third-order valence-corrected chi connectivity index (χ3v) is 4.51. The van der Waals surface area contributed by atoms with Gasteiger partial charge in [-0.1, -0.05) is 6.07 Å². The van der Waals surface area contributed by atoms with Crippen LogP contribution in [0.15, 0.2) is 48.8 Å². The summed E-state index contributed by atoms with van der Waals surface area (Å²) in [4.78, 5) is 19.3. The second-order valence-electron chi connectivity index (χ2n) is 6.40. The van der Waals surface area contributed by atoms with E-state index in [-0.39, 0.29) is 17.3 Å². The molecule has 162 valence electrons. The van der Waals surface area contributed by atoms with Crippen LogP contribution in [-0.2, 0) is 6.42 Å². The molecule has 0 fully saturated rings. The SMILES string of the molecule is COc1ccc(Nc2ncnc(NCCc3ccc(OC)c(OC)c3)c2[N+](=O)[O-])cc1. The molecule has 31 heavy (non-hydrogen) atoms. The Bertz CT molecular complexity index is 1040. The van der Waals surface area contributed by atoms with Crippen LogP contribution in [0.1, 0.15) is 5.56 Å². The van der Waals surface area contributed by atoms with E-state index in [1.807, 2.05) is 18.2 Å². The Balaban J connectivity index is 1.74. The molecule has 10 nitrogen and oxygen atoms in total. The zero-order valence-electron chi connectivity index (χ0n) is 17.4. The Hall–Kier alpha value is -4.08. The Morgan fingerprint density at radius 1 is 0.935 bits per heavy atom. The van der Waals surface area contributed by atoms with Gasteiger partial charge in [-0.05, 0) is 48.4 Å². The van der Waals surface area contributed by atoms with Crippen molar-refractivity contribution in [3.63, 3.8) is 0 Å². The summed E-state index contributed by atoms with van der Waals surface area (Å²) in [5.74, 6) is 2.18. The van der Waals surface area contributed by atoms with Gasteiger partial charge in [0.2, 0.25) is 11.6 Å². The molecule has 0 saturated carbocycles. The lowest BCUT2D eigenvalue weighted by atomic mass is 10.1. The highest BCUT2D eigenvalue weighted by Gasteiger charge is 2.23. The molecule has 10 heteroatoms. The van der Waals surface area contributed by atoms with Crippen molar-refractivity contribution in [2.45, 2.75) is 6.42 Å². The molecule has 0 aliphatic rings. The van der Waals surface area contributed by atoms with Crippen molar-refractivity contribution < 1.29 is 19.1 Å². The number of nitro groups is 1. The molecule has 3 aromatic rings. The van der Waals surface area contributed by atoms with E-state index in [4.69, 9.17) is 14.2 Å². The molecule has 0 saturated heterocycles. The number of rotatable bonds is 10. The highest BCUT2D eigenvalue weighted by atomic mass is 16.6. The average molecular weight is 425 g/mol. The Morgan fingerprint density at radius 3 is 2.29 bits per heavy atom. The lowest BCUT2D eigenvalue weighted by Gasteiger charge is -2.12. The third-order valence-electron chi connectivity index (χ3n) is 4.51. The van der Waals surface area contributed by atoms with Crippen LogP contribution >= 0.6 is 0 Å². The molecule has 3 rings (SSSR count). The lowest BCUT2D eigenvalue weighted by Crippen LogP contribution is -2.11. The predicted octanol–water partition coefficient (Wildman–Crippen LogP) is 3.81. The number of aromatic nitrogens is 2. The Labute approximate surface area is 179 Å². The maximum Gasteiger partial charge on any atom is 0.353 e. The van der Waals surface area contributed by atoms with Crippen LogP contribution in [0.25, 0.3) is 0 Å². The van der Waals surface area contributed by atoms with Gasteiger partial charge in [-0.2, -0.15) is 0 Å². The van der Waals surface area contributed by atoms with Crippen LogP contribution < -0.4 is 24.8 Å². The highest BCUT2D eigenvalue weighted by molar-refractivity contribution is 5.73. The summed E-state index contributed by atoms with van der Waals surface area (Å²) >= 11 is 0. The van der Waals surface area contributed by atoms with Crippen molar-refractivity contribution in [3.8, 4) is 17.2 Å². The Kier molecular flexibility index (Phi) is 7.05. The quantitative estimate of drug-likeness (QED) is 0.369. The van der Waals surface area contributed by atoms with Crippen molar-refractivity contribution in [1.82, 2.24) is 9.97 Å². The molecule has 1 aromatic heterocycles. The van der Waals surface area contributed by atoms with Gasteiger partial charge in [0.1, 0.15) is 12.1 Å². The van der Waals surface area contributed by atoms with Crippen molar-refractivity contribution in [2.24, 2.45) is 0 Å². The molecule has 0 aliphatic carbocycles. The zero-order chi connectivity index (χ0) is 22.2. The molecule has 1 heterocycles. The number of methoxy groups -OCH3 is 3. The van der Waals surface area contributed by atoms with Gasteiger partial charge in [-0.3, -0.25) is 10.1 Å². The van der Waals surface area contributed by atoms with Crippen LogP contribution in [0.3, 0.4) is 0 Å². The minimum Gasteiger partial charge on any atom is -0.497 e. The molecule has 2 aromatic carbocycles. The van der Waals surface area contributed by atoms with Crippen LogP contribution in [0.5, 0.6) is 17.2 Å². The molecule has 0 amide bonds. The number of anilines is 3. The molecule has 0 aliphatic heterocycles. The van der Waals surface area contributed by atoms with E-state index in [0.717, 1.165) is 5.56 Å². The fourth-order valence-corrected chi connectivity index (χ4v) is 2.95. The van der Waals surface area contributed by atoms with Crippen LogP contribution in [0, 0.1) is 10.1 Å². The van der Waals surface area contributed by atoms with Gasteiger partial charge in [0.15, 0.2) is 11.5 Å². The van der Waals surface area contributed by atoms with Gasteiger partial charge in [0.25, 0.3) is 0 Å². The highest BCUT2D eigenvalue weighted by Crippen LogP contribution is 2.32. The number of hydrogen-bond acceptors (Lipinski definition) is 9. The van der Waals surface area contributed by atoms with Gasteiger partial charge < -0.3 is 24.8 Å². The van der Waals surface area contributed by atoms with Crippen LogP contribution in [-0.4, -0.2) is 42.8 Å². The molecular formula is C21H23N5O5. The summed E-state index contributed by atoms with van der Waals surface area (Å²) in [5.41, 5.74) is 1.39. The van der Waals surface area contributed by atoms with E-state index < -0.39 is 4.92 Å². The first-order chi connectivity index (χ1) is 15.0. The van der Waals surface area contributed by atoms with Crippen LogP contribution in [0.2, 0.25) is 0 Å². The molecule has 0 unspecified atom stereocenters. The molecule has 0 spiro atoms. The summed E-state index contributed by atoms with van der Waals surface area (Å²) in [6, 6.07) is 12.6. The second-order valence-corrected chi connectivity index (χ2v) is 6.40. The number of hydrogen-bond donors (Lipinski definition) is 2. The largest absolute Gasteiger partial charge is 0.497 e.